The number of hydrogen-bond acceptors (Lipinski definition) is 6. The molecule has 0 N–H and O–H groups in total. The summed E-state index contributed by atoms with van der Waals surface area (Å²) >= 11 is 1.41. The van der Waals surface area contributed by atoms with E-state index in [-0.39, 0.29) is 17.3 Å². The van der Waals surface area contributed by atoms with Crippen LogP contribution in [0, 0.1) is 0 Å². The Morgan fingerprint density at radius 1 is 1.26 bits per heavy atom. The summed E-state index contributed by atoms with van der Waals surface area (Å²) in [5.41, 5.74) is 1.16. The fourth-order valence-electron chi connectivity index (χ4n) is 2.67. The maximum atomic E-state index is 12.6. The first-order valence-electron chi connectivity index (χ1n) is 7.54. The molecule has 0 fully saturated rings. The fraction of sp³-hybridized carbons (Fsp3) is 0.353. The number of methoxy groups -OCH3 is 1. The van der Waals surface area contributed by atoms with Crippen LogP contribution in [0.5, 0.6) is 0 Å². The molecule has 0 aliphatic heterocycles. The second-order valence-corrected chi connectivity index (χ2v) is 6.51. The van der Waals surface area contributed by atoms with Crippen molar-refractivity contribution in [2.45, 2.75) is 13.5 Å². The number of carbonyl (C=O) groups excluding carboxylic acids is 2. The molecule has 2 aromatic heterocycles. The fourth-order valence-corrected chi connectivity index (χ4v) is 3.82. The Morgan fingerprint density at radius 2 is 2.09 bits per heavy atom. The Kier molecular flexibility index (Phi) is 4.66. The number of hydrogen-bond donors (Lipinski definition) is 0. The summed E-state index contributed by atoms with van der Waals surface area (Å²) in [5, 5.41) is 0. The number of ether oxygens (including phenoxy) is 1. The van der Waals surface area contributed by atoms with Gasteiger partial charge < -0.3 is 4.74 Å². The lowest BCUT2D eigenvalue weighted by molar-refractivity contribution is 0.0978. The van der Waals surface area contributed by atoms with Gasteiger partial charge in [-0.15, -0.1) is 11.3 Å². The highest BCUT2D eigenvalue weighted by molar-refractivity contribution is 7.14. The summed E-state index contributed by atoms with van der Waals surface area (Å²) in [5.74, 6) is -0.253. The SMILES string of the molecule is CCN(CCOC)Cc1cc2c(s1)C(=O)c1cccnc1C2=O. The van der Waals surface area contributed by atoms with Crippen LogP contribution in [-0.4, -0.2) is 48.3 Å². The number of pyridine rings is 1. The predicted molar refractivity (Wildman–Crippen MR) is 88.2 cm³/mol. The number of fused-ring (bicyclic) bond motifs is 2. The van der Waals surface area contributed by atoms with Gasteiger partial charge in [0.15, 0.2) is 0 Å². The van der Waals surface area contributed by atoms with E-state index in [9.17, 15) is 9.59 Å². The lowest BCUT2D eigenvalue weighted by Crippen LogP contribution is -2.26. The van der Waals surface area contributed by atoms with Crippen molar-refractivity contribution in [3.63, 3.8) is 0 Å². The predicted octanol–water partition coefficient (Wildman–Crippen LogP) is 2.39. The average molecular weight is 330 g/mol. The number of rotatable bonds is 6. The van der Waals surface area contributed by atoms with Crippen LogP contribution >= 0.6 is 11.3 Å². The van der Waals surface area contributed by atoms with Crippen molar-refractivity contribution in [1.29, 1.82) is 0 Å². The van der Waals surface area contributed by atoms with E-state index in [1.54, 1.807) is 25.4 Å². The largest absolute Gasteiger partial charge is 0.383 e. The van der Waals surface area contributed by atoms with Crippen molar-refractivity contribution >= 4 is 22.9 Å². The number of carbonyl (C=O) groups is 2. The second-order valence-electron chi connectivity index (χ2n) is 5.37. The van der Waals surface area contributed by atoms with Crippen LogP contribution in [0.4, 0.5) is 0 Å². The number of aromatic nitrogens is 1. The summed E-state index contributed by atoms with van der Waals surface area (Å²) in [4.78, 5) is 33.0. The normalized spacial score (nSPS) is 13.3. The van der Waals surface area contributed by atoms with Crippen LogP contribution in [0.2, 0.25) is 0 Å². The van der Waals surface area contributed by atoms with Crippen molar-refractivity contribution in [3.05, 3.63) is 51.0 Å². The van der Waals surface area contributed by atoms with Crippen molar-refractivity contribution in [2.24, 2.45) is 0 Å². The molecule has 23 heavy (non-hydrogen) atoms. The van der Waals surface area contributed by atoms with Gasteiger partial charge in [0.25, 0.3) is 0 Å². The molecule has 0 unspecified atom stereocenters. The van der Waals surface area contributed by atoms with E-state index >= 15 is 0 Å². The van der Waals surface area contributed by atoms with E-state index < -0.39 is 0 Å². The van der Waals surface area contributed by atoms with Gasteiger partial charge in [0.1, 0.15) is 5.69 Å². The van der Waals surface area contributed by atoms with Crippen molar-refractivity contribution < 1.29 is 14.3 Å². The second kappa shape index (κ2) is 6.70. The quantitative estimate of drug-likeness (QED) is 0.694. The van der Waals surface area contributed by atoms with Crippen LogP contribution in [0.1, 0.15) is 43.1 Å². The third-order valence-corrected chi connectivity index (χ3v) is 5.06. The standard InChI is InChI=1S/C17H18N2O3S/c1-3-19(7-8-22-2)10-11-9-13-15(20)14-12(5-4-6-18-14)16(21)17(13)23-11/h4-6,9H,3,7-8,10H2,1-2H3. The van der Waals surface area contributed by atoms with Gasteiger partial charge in [-0.25, -0.2) is 0 Å². The Hall–Kier alpha value is -1.89. The molecule has 2 aromatic rings. The van der Waals surface area contributed by atoms with Crippen LogP contribution < -0.4 is 0 Å². The molecule has 3 rings (SSSR count). The number of thiophene rings is 1. The van der Waals surface area contributed by atoms with Gasteiger partial charge in [-0.1, -0.05) is 6.92 Å². The van der Waals surface area contributed by atoms with E-state index in [4.69, 9.17) is 4.74 Å². The number of likely N-dealkylation sites (N-methyl/N-ethyl adjacent to an activating group) is 1. The molecule has 0 amide bonds. The lowest BCUT2D eigenvalue weighted by Gasteiger charge is -2.18. The average Bonchev–Trinajstić information content (AvgIpc) is 3.00. The monoisotopic (exact) mass is 330 g/mol. The molecule has 0 saturated heterocycles. The van der Waals surface area contributed by atoms with Gasteiger partial charge in [-0.2, -0.15) is 0 Å². The molecule has 0 aromatic carbocycles. The van der Waals surface area contributed by atoms with Crippen molar-refractivity contribution in [2.75, 3.05) is 26.8 Å². The highest BCUT2D eigenvalue weighted by atomic mass is 32.1. The highest BCUT2D eigenvalue weighted by Crippen LogP contribution is 2.32. The molecule has 1 aliphatic rings. The summed E-state index contributed by atoms with van der Waals surface area (Å²) in [6, 6.07) is 5.20. The molecule has 5 nitrogen and oxygen atoms in total. The maximum absolute atomic E-state index is 12.6. The molecule has 0 bridgehead atoms. The van der Waals surface area contributed by atoms with Gasteiger partial charge in [0, 0.05) is 36.8 Å². The molecule has 0 saturated carbocycles. The van der Waals surface area contributed by atoms with E-state index in [1.165, 1.54) is 11.3 Å². The molecule has 2 heterocycles. The van der Waals surface area contributed by atoms with Gasteiger partial charge in [-0.3, -0.25) is 19.5 Å². The van der Waals surface area contributed by atoms with E-state index in [0.717, 1.165) is 18.0 Å². The molecule has 120 valence electrons. The third kappa shape index (κ3) is 2.97. The molecule has 0 radical (unpaired) electrons. The zero-order valence-corrected chi connectivity index (χ0v) is 14.0. The smallest absolute Gasteiger partial charge is 0.213 e. The Morgan fingerprint density at radius 3 is 2.83 bits per heavy atom. The summed E-state index contributed by atoms with van der Waals surface area (Å²) in [6.07, 6.45) is 1.55. The molecular weight excluding hydrogens is 312 g/mol. The third-order valence-electron chi connectivity index (χ3n) is 3.94. The molecular formula is C17H18N2O3S. The lowest BCUT2D eigenvalue weighted by atomic mass is 9.93. The maximum Gasteiger partial charge on any atom is 0.213 e. The zero-order chi connectivity index (χ0) is 16.4. The Labute approximate surface area is 138 Å². The van der Waals surface area contributed by atoms with E-state index in [2.05, 4.69) is 16.8 Å². The van der Waals surface area contributed by atoms with Crippen LogP contribution in [0.25, 0.3) is 0 Å². The molecule has 0 atom stereocenters. The van der Waals surface area contributed by atoms with Gasteiger partial charge in [0.2, 0.25) is 11.6 Å². The Bertz CT molecular complexity index is 702. The van der Waals surface area contributed by atoms with Crippen LogP contribution in [0.3, 0.4) is 0 Å². The minimum Gasteiger partial charge on any atom is -0.383 e. The Balaban J connectivity index is 1.89. The minimum atomic E-state index is -0.155. The highest BCUT2D eigenvalue weighted by Gasteiger charge is 2.32. The summed E-state index contributed by atoms with van der Waals surface area (Å²) < 4.78 is 5.11. The van der Waals surface area contributed by atoms with Crippen LogP contribution in [0.15, 0.2) is 24.4 Å². The first-order chi connectivity index (χ1) is 11.2. The van der Waals surface area contributed by atoms with Crippen molar-refractivity contribution in [3.8, 4) is 0 Å². The van der Waals surface area contributed by atoms with Gasteiger partial charge in [-0.05, 0) is 24.7 Å². The van der Waals surface area contributed by atoms with Crippen LogP contribution in [-0.2, 0) is 11.3 Å². The van der Waals surface area contributed by atoms with E-state index in [1.807, 2.05) is 6.07 Å². The first kappa shape index (κ1) is 16.0. The van der Waals surface area contributed by atoms with E-state index in [0.29, 0.717) is 29.2 Å². The topological polar surface area (TPSA) is 59.5 Å². The molecule has 6 heteroatoms. The summed E-state index contributed by atoms with van der Waals surface area (Å²) in [6.45, 7) is 5.15. The molecule has 1 aliphatic carbocycles. The van der Waals surface area contributed by atoms with Gasteiger partial charge in [0.05, 0.1) is 17.0 Å². The number of ketones is 2. The molecule has 0 spiro atoms. The summed E-state index contributed by atoms with van der Waals surface area (Å²) in [7, 11) is 1.68. The zero-order valence-electron chi connectivity index (χ0n) is 13.2. The first-order valence-corrected chi connectivity index (χ1v) is 8.35. The van der Waals surface area contributed by atoms with Crippen molar-refractivity contribution in [1.82, 2.24) is 9.88 Å². The van der Waals surface area contributed by atoms with Gasteiger partial charge >= 0.3 is 0 Å². The minimum absolute atomic E-state index is 0.0983. The number of nitrogens with zero attached hydrogens (tertiary/aromatic N) is 2.